The maximum atomic E-state index is 12.0. The molecule has 0 unspecified atom stereocenters. The molecule has 0 N–H and O–H groups in total. The van der Waals surface area contributed by atoms with Crippen molar-refractivity contribution in [3.8, 4) is 0 Å². The van der Waals surface area contributed by atoms with E-state index in [-0.39, 0.29) is 24.3 Å². The van der Waals surface area contributed by atoms with Crippen molar-refractivity contribution in [1.82, 2.24) is 4.90 Å². The Morgan fingerprint density at radius 1 is 1.29 bits per heavy atom. The number of carbonyl (C=O) groups is 1. The van der Waals surface area contributed by atoms with Crippen molar-refractivity contribution < 1.29 is 14.3 Å². The molecule has 138 valence electrons. The van der Waals surface area contributed by atoms with E-state index in [1.165, 1.54) is 25.7 Å². The van der Waals surface area contributed by atoms with E-state index in [1.54, 1.807) is 0 Å². The van der Waals surface area contributed by atoms with Gasteiger partial charge in [0, 0.05) is 12.0 Å². The van der Waals surface area contributed by atoms with Gasteiger partial charge in [0.1, 0.15) is 0 Å². The maximum Gasteiger partial charge on any atom is 0.308 e. The van der Waals surface area contributed by atoms with Crippen LogP contribution in [0.1, 0.15) is 66.2 Å². The Morgan fingerprint density at radius 2 is 2.08 bits per heavy atom. The number of carbonyl (C=O) groups excluding carboxylic acids is 1. The fraction of sp³-hybridized carbons (Fsp3) is 0.950. The van der Waals surface area contributed by atoms with Gasteiger partial charge in [-0.15, -0.1) is 0 Å². The maximum absolute atomic E-state index is 12.0. The van der Waals surface area contributed by atoms with Crippen LogP contribution in [-0.2, 0) is 14.3 Å². The van der Waals surface area contributed by atoms with Gasteiger partial charge in [-0.1, -0.05) is 34.1 Å². The lowest BCUT2D eigenvalue weighted by Gasteiger charge is -2.39. The zero-order valence-electron chi connectivity index (χ0n) is 15.9. The van der Waals surface area contributed by atoms with Gasteiger partial charge in [-0.05, 0) is 56.5 Å². The van der Waals surface area contributed by atoms with E-state index in [0.717, 1.165) is 19.5 Å². The zero-order valence-corrected chi connectivity index (χ0v) is 15.9. The van der Waals surface area contributed by atoms with Gasteiger partial charge in [-0.25, -0.2) is 0 Å². The van der Waals surface area contributed by atoms with Crippen molar-refractivity contribution in [3.63, 3.8) is 0 Å². The topological polar surface area (TPSA) is 38.8 Å². The highest BCUT2D eigenvalue weighted by atomic mass is 16.7. The van der Waals surface area contributed by atoms with Gasteiger partial charge in [0.2, 0.25) is 6.29 Å². The molecule has 0 aromatic rings. The molecule has 0 bridgehead atoms. The van der Waals surface area contributed by atoms with Gasteiger partial charge in [0.25, 0.3) is 0 Å². The van der Waals surface area contributed by atoms with Crippen molar-refractivity contribution in [2.24, 2.45) is 23.7 Å². The number of rotatable bonds is 5. The minimum atomic E-state index is -0.328. The Labute approximate surface area is 147 Å². The molecule has 2 aliphatic heterocycles. The minimum absolute atomic E-state index is 0.0714. The summed E-state index contributed by atoms with van der Waals surface area (Å²) in [5.74, 6) is 2.06. The summed E-state index contributed by atoms with van der Waals surface area (Å²) in [7, 11) is 0. The van der Waals surface area contributed by atoms with Crippen LogP contribution in [0.15, 0.2) is 0 Å². The van der Waals surface area contributed by atoms with Crippen LogP contribution < -0.4 is 0 Å². The molecule has 4 heteroatoms. The van der Waals surface area contributed by atoms with E-state index in [4.69, 9.17) is 9.47 Å². The number of ether oxygens (including phenoxy) is 2. The highest BCUT2D eigenvalue weighted by Crippen LogP contribution is 2.40. The van der Waals surface area contributed by atoms with E-state index in [9.17, 15) is 4.79 Å². The molecule has 0 aromatic carbocycles. The van der Waals surface area contributed by atoms with Crippen molar-refractivity contribution >= 4 is 5.97 Å². The second kappa shape index (κ2) is 7.74. The molecular formula is C20H35NO3. The Morgan fingerprint density at radius 3 is 2.79 bits per heavy atom. The second-order valence-corrected chi connectivity index (χ2v) is 8.57. The van der Waals surface area contributed by atoms with Crippen LogP contribution in [0.5, 0.6) is 0 Å². The van der Waals surface area contributed by atoms with Gasteiger partial charge in [0.15, 0.2) is 0 Å². The van der Waals surface area contributed by atoms with Crippen LogP contribution in [-0.4, -0.2) is 42.4 Å². The summed E-state index contributed by atoms with van der Waals surface area (Å²) in [5.41, 5.74) is 0. The largest absolute Gasteiger partial charge is 0.435 e. The van der Waals surface area contributed by atoms with Crippen LogP contribution >= 0.6 is 0 Å². The quantitative estimate of drug-likeness (QED) is 0.715. The summed E-state index contributed by atoms with van der Waals surface area (Å²) in [4.78, 5) is 14.5. The number of esters is 1. The van der Waals surface area contributed by atoms with Crippen LogP contribution in [0, 0.1) is 23.7 Å². The third-order valence-corrected chi connectivity index (χ3v) is 6.58. The number of nitrogens with zero attached hydrogens (tertiary/aromatic N) is 1. The molecule has 3 fully saturated rings. The molecule has 1 aliphatic carbocycles. The summed E-state index contributed by atoms with van der Waals surface area (Å²) in [6, 6.07) is 0.449. The normalized spacial score (nSPS) is 41.1. The van der Waals surface area contributed by atoms with Gasteiger partial charge in [-0.3, -0.25) is 4.79 Å². The van der Waals surface area contributed by atoms with E-state index >= 15 is 0 Å². The highest BCUT2D eigenvalue weighted by molar-refractivity contribution is 5.72. The van der Waals surface area contributed by atoms with E-state index in [2.05, 4.69) is 32.6 Å². The summed E-state index contributed by atoms with van der Waals surface area (Å²) >= 11 is 0. The first kappa shape index (κ1) is 18.2. The number of likely N-dealkylation sites (tertiary alicyclic amines) is 1. The van der Waals surface area contributed by atoms with E-state index in [0.29, 0.717) is 30.2 Å². The highest BCUT2D eigenvalue weighted by Gasteiger charge is 2.46. The predicted molar refractivity (Wildman–Crippen MR) is 94.5 cm³/mol. The lowest BCUT2D eigenvalue weighted by Crippen LogP contribution is -2.43. The fourth-order valence-electron chi connectivity index (χ4n) is 5.17. The summed E-state index contributed by atoms with van der Waals surface area (Å²) in [6.45, 7) is 11.3. The Kier molecular flexibility index (Phi) is 5.86. The van der Waals surface area contributed by atoms with Gasteiger partial charge >= 0.3 is 5.97 Å². The molecule has 2 saturated heterocycles. The summed E-state index contributed by atoms with van der Waals surface area (Å²) < 4.78 is 12.2. The first-order chi connectivity index (χ1) is 11.5. The first-order valence-electron chi connectivity index (χ1n) is 10.1. The molecule has 24 heavy (non-hydrogen) atoms. The van der Waals surface area contributed by atoms with Gasteiger partial charge < -0.3 is 14.4 Å². The van der Waals surface area contributed by atoms with Crippen molar-refractivity contribution in [1.29, 1.82) is 0 Å². The summed E-state index contributed by atoms with van der Waals surface area (Å²) in [6.07, 6.45) is 6.47. The number of hydrogen-bond acceptors (Lipinski definition) is 4. The smallest absolute Gasteiger partial charge is 0.308 e. The number of cyclic esters (lactones) is 1. The van der Waals surface area contributed by atoms with Gasteiger partial charge in [0.05, 0.1) is 12.5 Å². The monoisotopic (exact) mass is 337 g/mol. The lowest BCUT2D eigenvalue weighted by atomic mass is 9.75. The molecule has 3 rings (SSSR count). The molecule has 4 nitrogen and oxygen atoms in total. The number of hydrogen-bond donors (Lipinski definition) is 0. The third kappa shape index (κ3) is 3.80. The molecular weight excluding hydrogens is 302 g/mol. The lowest BCUT2D eigenvalue weighted by molar-refractivity contribution is -0.200. The fourth-order valence-corrected chi connectivity index (χ4v) is 5.17. The van der Waals surface area contributed by atoms with Crippen molar-refractivity contribution in [3.05, 3.63) is 0 Å². The zero-order chi connectivity index (χ0) is 17.3. The second-order valence-electron chi connectivity index (χ2n) is 8.57. The van der Waals surface area contributed by atoms with Crippen LogP contribution in [0.25, 0.3) is 0 Å². The van der Waals surface area contributed by atoms with E-state index in [1.807, 2.05) is 0 Å². The third-order valence-electron chi connectivity index (χ3n) is 6.58. The Balaban J connectivity index is 1.70. The molecule has 0 aromatic heterocycles. The molecule has 6 atom stereocenters. The molecule has 0 amide bonds. The van der Waals surface area contributed by atoms with E-state index < -0.39 is 0 Å². The molecule has 0 radical (unpaired) electrons. The van der Waals surface area contributed by atoms with Crippen molar-refractivity contribution in [2.75, 3.05) is 13.1 Å². The minimum Gasteiger partial charge on any atom is -0.435 e. The SMILES string of the molecule is CCN1CCC[C@H]1[C@@H]1CC(=O)O[C@H]1O[C@@H]1C[C@H](C)CC[C@H]1C(C)C. The molecule has 3 aliphatic rings. The average molecular weight is 338 g/mol. The van der Waals surface area contributed by atoms with Crippen molar-refractivity contribution in [2.45, 2.75) is 84.7 Å². The standard InChI is InChI=1S/C20H35NO3/c1-5-21-10-6-7-17(21)16-12-19(22)24-20(16)23-18-11-14(4)8-9-15(18)13(2)3/h13-18,20H,5-12H2,1-4H3/t14-,15+,16+,17+,18-,20-/m1/s1. The summed E-state index contributed by atoms with van der Waals surface area (Å²) in [5, 5.41) is 0. The molecule has 1 saturated carbocycles. The first-order valence-corrected chi connectivity index (χ1v) is 10.1. The average Bonchev–Trinajstić information content (AvgIpc) is 3.12. The molecule has 2 heterocycles. The van der Waals surface area contributed by atoms with Gasteiger partial charge in [-0.2, -0.15) is 0 Å². The predicted octanol–water partition coefficient (Wildman–Crippen LogP) is 3.84. The van der Waals surface area contributed by atoms with Crippen LogP contribution in [0.3, 0.4) is 0 Å². The van der Waals surface area contributed by atoms with Crippen LogP contribution in [0.4, 0.5) is 0 Å². The Bertz CT molecular complexity index is 439. The Hall–Kier alpha value is -0.610. The molecule has 0 spiro atoms. The van der Waals surface area contributed by atoms with Crippen LogP contribution in [0.2, 0.25) is 0 Å².